The van der Waals surface area contributed by atoms with E-state index in [9.17, 15) is 14.7 Å². The summed E-state index contributed by atoms with van der Waals surface area (Å²) in [6, 6.07) is 6.23. The van der Waals surface area contributed by atoms with Crippen molar-refractivity contribution < 1.29 is 19.4 Å². The molecule has 6 heteroatoms. The number of carbonyl (C=O) groups is 2. The molecule has 1 rings (SSSR count). The van der Waals surface area contributed by atoms with Crippen molar-refractivity contribution in [1.29, 1.82) is 0 Å². The Morgan fingerprint density at radius 2 is 1.59 bits per heavy atom. The Morgan fingerprint density at radius 1 is 0.966 bits per heavy atom. The second kappa shape index (κ2) is 17.2. The van der Waals surface area contributed by atoms with Crippen molar-refractivity contribution in [3.8, 4) is 5.75 Å². The summed E-state index contributed by atoms with van der Waals surface area (Å²) in [7, 11) is 0. The maximum atomic E-state index is 11.8. The predicted octanol–water partition coefficient (Wildman–Crippen LogP) is 5.32. The Bertz CT molecular complexity index is 580. The summed E-state index contributed by atoms with van der Waals surface area (Å²) in [5, 5.41) is 12.3. The van der Waals surface area contributed by atoms with Gasteiger partial charge in [-0.05, 0) is 24.3 Å². The van der Waals surface area contributed by atoms with Crippen LogP contribution in [0, 0.1) is 0 Å². The van der Waals surface area contributed by atoms with Gasteiger partial charge in [-0.3, -0.25) is 4.79 Å². The first kappa shape index (κ1) is 25.3. The molecule has 5 nitrogen and oxygen atoms in total. The van der Waals surface area contributed by atoms with Crippen molar-refractivity contribution in [3.63, 3.8) is 0 Å². The molecule has 1 aromatic rings. The molecule has 1 amide bonds. The lowest BCUT2D eigenvalue weighted by atomic mass is 10.1. The van der Waals surface area contributed by atoms with Gasteiger partial charge in [0.1, 0.15) is 17.9 Å². The number of phenolic OH excluding ortho intramolecular Hbond substituents is 1. The van der Waals surface area contributed by atoms with Crippen LogP contribution in [0.3, 0.4) is 0 Å². The van der Waals surface area contributed by atoms with E-state index in [4.69, 9.17) is 4.74 Å². The zero-order valence-electron chi connectivity index (χ0n) is 17.8. The van der Waals surface area contributed by atoms with E-state index in [1.165, 1.54) is 69.9 Å². The molecule has 2 N–H and O–H groups in total. The summed E-state index contributed by atoms with van der Waals surface area (Å²) in [5.41, 5.74) is 0.130. The first-order valence-corrected chi connectivity index (χ1v) is 12.1. The number of nitrogens with one attached hydrogen (secondary N) is 1. The minimum absolute atomic E-state index is 0.0410. The summed E-state index contributed by atoms with van der Waals surface area (Å²) in [5.74, 6) is 0.704. The first-order chi connectivity index (χ1) is 14.1. The molecular formula is C23H37NO4S. The van der Waals surface area contributed by atoms with E-state index in [2.05, 4.69) is 12.2 Å². The standard InChI is InChI=1S/C23H37NO4S/c1-2-3-4-5-6-7-8-9-10-13-18-29-19-22(26)24-16-17-28-23(27)20-14-11-12-15-21(20)25/h11-12,14-15,25H,2-10,13,16-19H2,1H3,(H,24,26). The third-order valence-corrected chi connectivity index (χ3v) is 5.70. The van der Waals surface area contributed by atoms with E-state index >= 15 is 0 Å². The van der Waals surface area contributed by atoms with Crippen LogP contribution >= 0.6 is 11.8 Å². The van der Waals surface area contributed by atoms with Crippen LogP contribution in [0.15, 0.2) is 24.3 Å². The third-order valence-electron chi connectivity index (χ3n) is 4.66. The Balaban J connectivity index is 1.89. The number of thioether (sulfide) groups is 1. The second-order valence-corrected chi connectivity index (χ2v) is 8.34. The van der Waals surface area contributed by atoms with Gasteiger partial charge in [-0.25, -0.2) is 4.79 Å². The van der Waals surface area contributed by atoms with Crippen LogP contribution in [0.1, 0.15) is 81.5 Å². The number of ether oxygens (including phenoxy) is 1. The Morgan fingerprint density at radius 3 is 2.24 bits per heavy atom. The normalized spacial score (nSPS) is 10.7. The molecule has 0 radical (unpaired) electrons. The number of carbonyl (C=O) groups excluding carboxylic acids is 2. The van der Waals surface area contributed by atoms with Crippen LogP contribution in [-0.2, 0) is 9.53 Å². The highest BCUT2D eigenvalue weighted by Gasteiger charge is 2.11. The van der Waals surface area contributed by atoms with Gasteiger partial charge >= 0.3 is 5.97 Å². The zero-order valence-corrected chi connectivity index (χ0v) is 18.6. The van der Waals surface area contributed by atoms with Crippen LogP contribution in [-0.4, -0.2) is 41.6 Å². The van der Waals surface area contributed by atoms with E-state index < -0.39 is 5.97 Å². The average Bonchev–Trinajstić information content (AvgIpc) is 2.72. The average molecular weight is 424 g/mol. The molecule has 0 spiro atoms. The maximum Gasteiger partial charge on any atom is 0.341 e. The molecule has 0 unspecified atom stereocenters. The molecule has 0 aliphatic heterocycles. The lowest BCUT2D eigenvalue weighted by Crippen LogP contribution is -2.29. The van der Waals surface area contributed by atoms with Gasteiger partial charge in [0.05, 0.1) is 12.3 Å². The third kappa shape index (κ3) is 13.2. The summed E-state index contributed by atoms with van der Waals surface area (Å²) in [6.45, 7) is 2.61. The largest absolute Gasteiger partial charge is 0.507 e. The number of hydrogen-bond donors (Lipinski definition) is 2. The molecule has 0 aromatic heterocycles. The molecular weight excluding hydrogens is 386 g/mol. The summed E-state index contributed by atoms with van der Waals surface area (Å²) in [4.78, 5) is 23.6. The smallest absolute Gasteiger partial charge is 0.341 e. The molecule has 0 aliphatic carbocycles. The van der Waals surface area contributed by atoms with E-state index in [0.29, 0.717) is 5.75 Å². The van der Waals surface area contributed by atoms with E-state index in [-0.39, 0.29) is 30.4 Å². The second-order valence-electron chi connectivity index (χ2n) is 7.24. The fourth-order valence-electron chi connectivity index (χ4n) is 2.97. The van der Waals surface area contributed by atoms with Crippen LogP contribution in [0.2, 0.25) is 0 Å². The molecule has 0 atom stereocenters. The van der Waals surface area contributed by atoms with Crippen LogP contribution in [0.25, 0.3) is 0 Å². The highest BCUT2D eigenvalue weighted by atomic mass is 32.2. The number of rotatable bonds is 17. The molecule has 0 saturated heterocycles. The highest BCUT2D eigenvalue weighted by molar-refractivity contribution is 7.99. The van der Waals surface area contributed by atoms with Crippen LogP contribution in [0.4, 0.5) is 0 Å². The molecule has 0 aliphatic rings. The summed E-state index contributed by atoms with van der Waals surface area (Å²) in [6.07, 6.45) is 13.2. The van der Waals surface area contributed by atoms with Crippen LogP contribution < -0.4 is 5.32 Å². The number of amides is 1. The topological polar surface area (TPSA) is 75.6 Å². The predicted molar refractivity (Wildman–Crippen MR) is 121 cm³/mol. The lowest BCUT2D eigenvalue weighted by molar-refractivity contribution is -0.118. The number of unbranched alkanes of at least 4 members (excludes halogenated alkanes) is 9. The zero-order chi connectivity index (χ0) is 21.2. The van der Waals surface area contributed by atoms with Gasteiger partial charge in [0.15, 0.2) is 0 Å². The first-order valence-electron chi connectivity index (χ1n) is 10.9. The Labute approximate surface area is 180 Å². The number of benzene rings is 1. The fraction of sp³-hybridized carbons (Fsp3) is 0.652. The van der Waals surface area contributed by atoms with Gasteiger partial charge in [0.25, 0.3) is 0 Å². The number of aromatic hydroxyl groups is 1. The molecule has 1 aromatic carbocycles. The van der Waals surface area contributed by atoms with E-state index in [0.717, 1.165) is 12.2 Å². The molecule has 0 heterocycles. The van der Waals surface area contributed by atoms with Gasteiger partial charge in [-0.2, -0.15) is 11.8 Å². The molecule has 29 heavy (non-hydrogen) atoms. The molecule has 164 valence electrons. The lowest BCUT2D eigenvalue weighted by Gasteiger charge is -2.08. The molecule has 0 saturated carbocycles. The minimum atomic E-state index is -0.590. The number of phenols is 1. The highest BCUT2D eigenvalue weighted by Crippen LogP contribution is 2.16. The number of hydrogen-bond acceptors (Lipinski definition) is 5. The van der Waals surface area contributed by atoms with Crippen molar-refractivity contribution in [3.05, 3.63) is 29.8 Å². The molecule has 0 fully saturated rings. The summed E-state index contributed by atoms with van der Waals surface area (Å²) >= 11 is 1.65. The number of para-hydroxylation sites is 1. The Hall–Kier alpha value is -1.69. The van der Waals surface area contributed by atoms with Gasteiger partial charge in [0, 0.05) is 0 Å². The van der Waals surface area contributed by atoms with Gasteiger partial charge < -0.3 is 15.2 Å². The van der Waals surface area contributed by atoms with Crippen molar-refractivity contribution in [2.75, 3.05) is 24.7 Å². The van der Waals surface area contributed by atoms with E-state index in [1.54, 1.807) is 23.9 Å². The van der Waals surface area contributed by atoms with Crippen molar-refractivity contribution in [1.82, 2.24) is 5.32 Å². The van der Waals surface area contributed by atoms with Gasteiger partial charge in [0.2, 0.25) is 5.91 Å². The van der Waals surface area contributed by atoms with E-state index in [1.807, 2.05) is 0 Å². The van der Waals surface area contributed by atoms with Crippen molar-refractivity contribution in [2.45, 2.75) is 71.1 Å². The monoisotopic (exact) mass is 423 g/mol. The summed E-state index contributed by atoms with van der Waals surface area (Å²) < 4.78 is 5.06. The van der Waals surface area contributed by atoms with Crippen molar-refractivity contribution >= 4 is 23.6 Å². The molecule has 0 bridgehead atoms. The van der Waals surface area contributed by atoms with Gasteiger partial charge in [-0.1, -0.05) is 76.8 Å². The quantitative estimate of drug-likeness (QED) is 0.262. The SMILES string of the molecule is CCCCCCCCCCCCSCC(=O)NCCOC(=O)c1ccccc1O. The number of esters is 1. The fourth-order valence-corrected chi connectivity index (χ4v) is 3.81. The maximum absolute atomic E-state index is 11.8. The minimum Gasteiger partial charge on any atom is -0.507 e. The Kier molecular flexibility index (Phi) is 15.0. The van der Waals surface area contributed by atoms with Gasteiger partial charge in [-0.15, -0.1) is 0 Å². The van der Waals surface area contributed by atoms with Crippen LogP contribution in [0.5, 0.6) is 5.75 Å². The van der Waals surface area contributed by atoms with Crippen molar-refractivity contribution in [2.24, 2.45) is 0 Å².